The Labute approximate surface area is 125 Å². The summed E-state index contributed by atoms with van der Waals surface area (Å²) in [5, 5.41) is 8.60. The highest BCUT2D eigenvalue weighted by Gasteiger charge is 2.20. The molecule has 7 heteroatoms. The number of carboxylic acid groups (broad SMARTS) is 1. The zero-order valence-electron chi connectivity index (χ0n) is 12.4. The Kier molecular flexibility index (Phi) is 6.07. The highest BCUT2D eigenvalue weighted by atomic mass is 32.2. The molecular formula is C14H20N2O4S. The van der Waals surface area contributed by atoms with Gasteiger partial charge in [0.2, 0.25) is 10.0 Å². The van der Waals surface area contributed by atoms with Crippen LogP contribution in [0.5, 0.6) is 0 Å². The molecule has 1 aromatic carbocycles. The fraction of sp³-hybridized carbons (Fsp3) is 0.357. The summed E-state index contributed by atoms with van der Waals surface area (Å²) >= 11 is 0. The van der Waals surface area contributed by atoms with Crippen LogP contribution in [0.15, 0.2) is 35.2 Å². The molecule has 0 aliphatic heterocycles. The van der Waals surface area contributed by atoms with Gasteiger partial charge in [-0.3, -0.25) is 0 Å². The maximum Gasteiger partial charge on any atom is 0.328 e. The van der Waals surface area contributed by atoms with Crippen LogP contribution >= 0.6 is 0 Å². The Morgan fingerprint density at radius 3 is 2.48 bits per heavy atom. The van der Waals surface area contributed by atoms with Crippen LogP contribution < -0.4 is 0 Å². The topological polar surface area (TPSA) is 77.9 Å². The van der Waals surface area contributed by atoms with Gasteiger partial charge >= 0.3 is 5.97 Å². The Bertz CT molecular complexity index is 624. The SMILES string of the molecule is CN(C)CCN(C)S(=O)(=O)c1cccc(C=CC(=O)O)c1. The standard InChI is InChI=1S/C14H20N2O4S/c1-15(2)9-10-16(3)21(19,20)13-6-4-5-12(11-13)7-8-14(17)18/h4-8,11H,9-10H2,1-3H3,(H,17,18). The summed E-state index contributed by atoms with van der Waals surface area (Å²) < 4.78 is 26.1. The van der Waals surface area contributed by atoms with E-state index in [9.17, 15) is 13.2 Å². The van der Waals surface area contributed by atoms with Gasteiger partial charge in [0.25, 0.3) is 0 Å². The van der Waals surface area contributed by atoms with E-state index in [1.165, 1.54) is 29.6 Å². The van der Waals surface area contributed by atoms with Crippen LogP contribution in [0.25, 0.3) is 6.08 Å². The van der Waals surface area contributed by atoms with Crippen molar-refractivity contribution in [3.05, 3.63) is 35.9 Å². The van der Waals surface area contributed by atoms with E-state index in [0.717, 1.165) is 6.08 Å². The lowest BCUT2D eigenvalue weighted by Crippen LogP contribution is -2.33. The molecule has 0 saturated heterocycles. The molecule has 1 N–H and O–H groups in total. The van der Waals surface area contributed by atoms with E-state index in [4.69, 9.17) is 5.11 Å². The summed E-state index contributed by atoms with van der Waals surface area (Å²) in [5.41, 5.74) is 0.527. The highest BCUT2D eigenvalue weighted by Crippen LogP contribution is 2.16. The molecule has 21 heavy (non-hydrogen) atoms. The number of hydrogen-bond donors (Lipinski definition) is 1. The van der Waals surface area contributed by atoms with Gasteiger partial charge in [0.15, 0.2) is 0 Å². The van der Waals surface area contributed by atoms with Crippen molar-refractivity contribution in [3.8, 4) is 0 Å². The van der Waals surface area contributed by atoms with Crippen LogP contribution in [0.2, 0.25) is 0 Å². The normalized spacial score (nSPS) is 12.4. The first kappa shape index (κ1) is 17.4. The third-order valence-electron chi connectivity index (χ3n) is 2.85. The van der Waals surface area contributed by atoms with Crippen molar-refractivity contribution in [3.63, 3.8) is 0 Å². The van der Waals surface area contributed by atoms with E-state index < -0.39 is 16.0 Å². The summed E-state index contributed by atoms with van der Waals surface area (Å²) in [6.45, 7) is 0.999. The van der Waals surface area contributed by atoms with Crippen molar-refractivity contribution in [2.75, 3.05) is 34.2 Å². The number of likely N-dealkylation sites (N-methyl/N-ethyl adjacent to an activating group) is 2. The molecule has 0 saturated carbocycles. The fourth-order valence-electron chi connectivity index (χ4n) is 1.59. The highest BCUT2D eigenvalue weighted by molar-refractivity contribution is 7.89. The molecule has 0 amide bonds. The van der Waals surface area contributed by atoms with Crippen molar-refractivity contribution >= 4 is 22.1 Å². The van der Waals surface area contributed by atoms with Gasteiger partial charge in [-0.2, -0.15) is 4.31 Å². The van der Waals surface area contributed by atoms with Crippen LogP contribution in [0.3, 0.4) is 0 Å². The van der Waals surface area contributed by atoms with E-state index in [1.807, 2.05) is 19.0 Å². The molecule has 0 atom stereocenters. The van der Waals surface area contributed by atoms with E-state index >= 15 is 0 Å². The number of benzene rings is 1. The lowest BCUT2D eigenvalue weighted by Gasteiger charge is -2.19. The molecule has 6 nitrogen and oxygen atoms in total. The number of aliphatic carboxylic acids is 1. The Balaban J connectivity index is 2.98. The molecule has 0 aromatic heterocycles. The molecule has 0 aliphatic carbocycles. The second-order valence-corrected chi connectivity index (χ2v) is 6.92. The van der Waals surface area contributed by atoms with E-state index in [-0.39, 0.29) is 4.90 Å². The summed E-state index contributed by atoms with van der Waals surface area (Å²) in [7, 11) is 1.70. The Morgan fingerprint density at radius 2 is 1.90 bits per heavy atom. The van der Waals surface area contributed by atoms with Gasteiger partial charge in [-0.1, -0.05) is 12.1 Å². The molecular weight excluding hydrogens is 292 g/mol. The molecule has 0 fully saturated rings. The van der Waals surface area contributed by atoms with Crippen molar-refractivity contribution < 1.29 is 18.3 Å². The lowest BCUT2D eigenvalue weighted by molar-refractivity contribution is -0.131. The molecule has 0 heterocycles. The van der Waals surface area contributed by atoms with E-state index in [1.54, 1.807) is 12.1 Å². The van der Waals surface area contributed by atoms with Crippen LogP contribution in [0.4, 0.5) is 0 Å². The van der Waals surface area contributed by atoms with Gasteiger partial charge in [-0.05, 0) is 37.9 Å². The average Bonchev–Trinajstić information content (AvgIpc) is 2.42. The first-order valence-corrected chi connectivity index (χ1v) is 7.79. The van der Waals surface area contributed by atoms with Crippen LogP contribution in [0, 0.1) is 0 Å². The first-order chi connectivity index (χ1) is 9.73. The van der Waals surface area contributed by atoms with E-state index in [2.05, 4.69) is 0 Å². The Hall–Kier alpha value is -1.70. The largest absolute Gasteiger partial charge is 0.478 e. The Morgan fingerprint density at radius 1 is 1.24 bits per heavy atom. The first-order valence-electron chi connectivity index (χ1n) is 6.35. The quantitative estimate of drug-likeness (QED) is 0.759. The predicted molar refractivity (Wildman–Crippen MR) is 81.5 cm³/mol. The second kappa shape index (κ2) is 7.35. The van der Waals surface area contributed by atoms with Crippen molar-refractivity contribution in [1.29, 1.82) is 0 Å². The minimum Gasteiger partial charge on any atom is -0.478 e. The second-order valence-electron chi connectivity index (χ2n) is 4.87. The predicted octanol–water partition coefficient (Wildman–Crippen LogP) is 0.966. The smallest absolute Gasteiger partial charge is 0.328 e. The van der Waals surface area contributed by atoms with Crippen molar-refractivity contribution in [1.82, 2.24) is 9.21 Å². The molecule has 1 rings (SSSR count). The number of rotatable bonds is 7. The summed E-state index contributed by atoms with van der Waals surface area (Å²) in [4.78, 5) is 12.5. The zero-order chi connectivity index (χ0) is 16.0. The zero-order valence-corrected chi connectivity index (χ0v) is 13.2. The van der Waals surface area contributed by atoms with Gasteiger partial charge in [-0.15, -0.1) is 0 Å². The number of carboxylic acids is 1. The van der Waals surface area contributed by atoms with Gasteiger partial charge in [-0.25, -0.2) is 13.2 Å². The molecule has 0 radical (unpaired) electrons. The van der Waals surface area contributed by atoms with Crippen LogP contribution in [-0.4, -0.2) is 62.9 Å². The number of sulfonamides is 1. The number of carbonyl (C=O) groups is 1. The minimum atomic E-state index is -3.57. The maximum atomic E-state index is 12.4. The molecule has 116 valence electrons. The molecule has 0 bridgehead atoms. The molecule has 1 aromatic rings. The van der Waals surface area contributed by atoms with Crippen LogP contribution in [0.1, 0.15) is 5.56 Å². The average molecular weight is 312 g/mol. The van der Waals surface area contributed by atoms with Crippen molar-refractivity contribution in [2.45, 2.75) is 4.90 Å². The molecule has 0 aliphatic rings. The maximum absolute atomic E-state index is 12.4. The van der Waals surface area contributed by atoms with Gasteiger partial charge in [0.1, 0.15) is 0 Å². The van der Waals surface area contributed by atoms with E-state index in [0.29, 0.717) is 18.7 Å². The van der Waals surface area contributed by atoms with Gasteiger partial charge in [0, 0.05) is 26.2 Å². The van der Waals surface area contributed by atoms with Gasteiger partial charge in [0.05, 0.1) is 4.90 Å². The monoisotopic (exact) mass is 312 g/mol. The fourth-order valence-corrected chi connectivity index (χ4v) is 2.80. The summed E-state index contributed by atoms with van der Waals surface area (Å²) in [5.74, 6) is -1.08. The third kappa shape index (κ3) is 5.30. The van der Waals surface area contributed by atoms with Crippen LogP contribution in [-0.2, 0) is 14.8 Å². The summed E-state index contributed by atoms with van der Waals surface area (Å²) in [6.07, 6.45) is 2.34. The van der Waals surface area contributed by atoms with Gasteiger partial charge < -0.3 is 10.0 Å². The lowest BCUT2D eigenvalue weighted by atomic mass is 10.2. The third-order valence-corrected chi connectivity index (χ3v) is 4.70. The summed E-state index contributed by atoms with van der Waals surface area (Å²) in [6, 6.07) is 6.20. The molecule has 0 unspecified atom stereocenters. The van der Waals surface area contributed by atoms with Crippen molar-refractivity contribution in [2.24, 2.45) is 0 Å². The molecule has 0 spiro atoms. The minimum absolute atomic E-state index is 0.149. The number of hydrogen-bond acceptors (Lipinski definition) is 4. The number of nitrogens with zero attached hydrogens (tertiary/aromatic N) is 2.